The first-order valence-corrected chi connectivity index (χ1v) is 4.54. The molecule has 0 radical (unpaired) electrons. The Morgan fingerprint density at radius 3 is 2.40 bits per heavy atom. The van der Waals surface area contributed by atoms with E-state index in [0.717, 1.165) is 0 Å². The summed E-state index contributed by atoms with van der Waals surface area (Å²) in [5.41, 5.74) is 0.965. The first-order valence-electron chi connectivity index (χ1n) is 4.54. The number of rotatable bonds is 4. The Hall–Kier alpha value is -2.09. The van der Waals surface area contributed by atoms with Crippen molar-refractivity contribution in [3.63, 3.8) is 0 Å². The minimum Gasteiger partial charge on any atom is -0.478 e. The van der Waals surface area contributed by atoms with Gasteiger partial charge in [-0.1, -0.05) is 55.1 Å². The molecular weight excluding hydrogens is 188 g/mol. The third-order valence-electron chi connectivity index (χ3n) is 1.83. The summed E-state index contributed by atoms with van der Waals surface area (Å²) < 4.78 is 0. The Morgan fingerprint density at radius 1 is 1.20 bits per heavy atom. The zero-order valence-electron chi connectivity index (χ0n) is 8.26. The van der Waals surface area contributed by atoms with E-state index in [4.69, 9.17) is 5.11 Å². The molecule has 1 N–H and O–H groups in total. The molecule has 1 aromatic carbocycles. The standard InChI is InChI=1S/C13H12O2/c1-2-3-5-10-12(13(14)15)11-8-6-4-7-9-11/h2-10H,1H2,(H,14,15)/b5-3+,12-10+. The Labute approximate surface area is 88.9 Å². The first-order chi connectivity index (χ1) is 7.25. The largest absolute Gasteiger partial charge is 0.478 e. The summed E-state index contributed by atoms with van der Waals surface area (Å²) in [6.07, 6.45) is 6.50. The topological polar surface area (TPSA) is 37.3 Å². The van der Waals surface area contributed by atoms with Gasteiger partial charge in [0.1, 0.15) is 0 Å². The number of carboxylic acids is 1. The third-order valence-corrected chi connectivity index (χ3v) is 1.83. The number of benzene rings is 1. The van der Waals surface area contributed by atoms with Crippen LogP contribution in [0.5, 0.6) is 0 Å². The maximum absolute atomic E-state index is 11.0. The summed E-state index contributed by atoms with van der Waals surface area (Å²) in [6.45, 7) is 3.51. The van der Waals surface area contributed by atoms with Gasteiger partial charge in [0.25, 0.3) is 0 Å². The molecule has 1 aromatic rings. The Balaban J connectivity index is 3.04. The van der Waals surface area contributed by atoms with Gasteiger partial charge in [0.15, 0.2) is 0 Å². The van der Waals surface area contributed by atoms with Gasteiger partial charge in [-0.2, -0.15) is 0 Å². The van der Waals surface area contributed by atoms with Gasteiger partial charge in [-0.05, 0) is 11.6 Å². The molecule has 2 heteroatoms. The van der Waals surface area contributed by atoms with Crippen LogP contribution in [0.2, 0.25) is 0 Å². The molecule has 0 fully saturated rings. The van der Waals surface area contributed by atoms with E-state index >= 15 is 0 Å². The normalized spacial score (nSPS) is 11.6. The van der Waals surface area contributed by atoms with Crippen molar-refractivity contribution < 1.29 is 9.90 Å². The molecule has 0 bridgehead atoms. The minimum atomic E-state index is -0.935. The van der Waals surface area contributed by atoms with Crippen LogP contribution in [0.4, 0.5) is 0 Å². The van der Waals surface area contributed by atoms with Crippen molar-refractivity contribution >= 4 is 11.5 Å². The average Bonchev–Trinajstić information content (AvgIpc) is 2.25. The molecule has 0 aromatic heterocycles. The van der Waals surface area contributed by atoms with Crippen molar-refractivity contribution in [3.8, 4) is 0 Å². The van der Waals surface area contributed by atoms with E-state index < -0.39 is 5.97 Å². The van der Waals surface area contributed by atoms with Crippen LogP contribution in [-0.4, -0.2) is 11.1 Å². The van der Waals surface area contributed by atoms with Gasteiger partial charge in [-0.15, -0.1) is 0 Å². The van der Waals surface area contributed by atoms with Crippen molar-refractivity contribution in [2.45, 2.75) is 0 Å². The lowest BCUT2D eigenvalue weighted by Crippen LogP contribution is -1.98. The zero-order valence-corrected chi connectivity index (χ0v) is 8.26. The van der Waals surface area contributed by atoms with Crippen LogP contribution in [0.1, 0.15) is 5.56 Å². The predicted molar refractivity (Wildman–Crippen MR) is 61.4 cm³/mol. The maximum atomic E-state index is 11.0. The lowest BCUT2D eigenvalue weighted by Gasteiger charge is -2.00. The van der Waals surface area contributed by atoms with E-state index in [1.165, 1.54) is 0 Å². The lowest BCUT2D eigenvalue weighted by molar-refractivity contribution is -0.130. The summed E-state index contributed by atoms with van der Waals surface area (Å²) in [5.74, 6) is -0.935. The molecule has 0 aliphatic heterocycles. The quantitative estimate of drug-likeness (QED) is 0.599. The summed E-state index contributed by atoms with van der Waals surface area (Å²) in [6, 6.07) is 9.00. The van der Waals surface area contributed by atoms with E-state index in [1.54, 1.807) is 36.4 Å². The molecule has 0 aliphatic carbocycles. The molecule has 15 heavy (non-hydrogen) atoms. The Morgan fingerprint density at radius 2 is 1.87 bits per heavy atom. The molecule has 76 valence electrons. The highest BCUT2D eigenvalue weighted by Crippen LogP contribution is 2.13. The predicted octanol–water partition coefficient (Wildman–Crippen LogP) is 2.90. The molecule has 2 nitrogen and oxygen atoms in total. The highest BCUT2D eigenvalue weighted by molar-refractivity contribution is 6.15. The van der Waals surface area contributed by atoms with Crippen LogP contribution >= 0.6 is 0 Å². The second-order valence-corrected chi connectivity index (χ2v) is 2.87. The van der Waals surface area contributed by atoms with Crippen molar-refractivity contribution in [2.24, 2.45) is 0 Å². The summed E-state index contributed by atoms with van der Waals surface area (Å²) in [7, 11) is 0. The second kappa shape index (κ2) is 5.60. The molecule has 0 spiro atoms. The SMILES string of the molecule is C=C/C=C/C=C(/C(=O)O)c1ccccc1. The van der Waals surface area contributed by atoms with Gasteiger partial charge < -0.3 is 5.11 Å². The highest BCUT2D eigenvalue weighted by atomic mass is 16.4. The van der Waals surface area contributed by atoms with Gasteiger partial charge in [-0.25, -0.2) is 4.79 Å². The smallest absolute Gasteiger partial charge is 0.336 e. The van der Waals surface area contributed by atoms with Crippen molar-refractivity contribution in [2.75, 3.05) is 0 Å². The number of hydrogen-bond acceptors (Lipinski definition) is 1. The van der Waals surface area contributed by atoms with E-state index in [2.05, 4.69) is 6.58 Å². The molecule has 1 rings (SSSR count). The zero-order chi connectivity index (χ0) is 11.1. The van der Waals surface area contributed by atoms with Crippen LogP contribution in [0, 0.1) is 0 Å². The highest BCUT2D eigenvalue weighted by Gasteiger charge is 2.07. The van der Waals surface area contributed by atoms with Gasteiger partial charge in [0, 0.05) is 0 Å². The van der Waals surface area contributed by atoms with Crippen LogP contribution in [0.15, 0.2) is 61.2 Å². The van der Waals surface area contributed by atoms with E-state index in [1.807, 2.05) is 18.2 Å². The summed E-state index contributed by atoms with van der Waals surface area (Å²) in [5, 5.41) is 9.00. The second-order valence-electron chi connectivity index (χ2n) is 2.87. The van der Waals surface area contributed by atoms with Crippen LogP contribution < -0.4 is 0 Å². The molecule has 0 atom stereocenters. The monoisotopic (exact) mass is 200 g/mol. The number of allylic oxidation sites excluding steroid dienone is 4. The lowest BCUT2D eigenvalue weighted by atomic mass is 10.1. The number of aliphatic carboxylic acids is 1. The van der Waals surface area contributed by atoms with E-state index in [-0.39, 0.29) is 5.57 Å². The number of carbonyl (C=O) groups is 1. The van der Waals surface area contributed by atoms with Crippen molar-refractivity contribution in [1.29, 1.82) is 0 Å². The Bertz CT molecular complexity index is 400. The first kappa shape index (κ1) is 11.0. The number of hydrogen-bond donors (Lipinski definition) is 1. The molecule has 0 aliphatic rings. The fourth-order valence-corrected chi connectivity index (χ4v) is 1.14. The fourth-order valence-electron chi connectivity index (χ4n) is 1.14. The van der Waals surface area contributed by atoms with Gasteiger partial charge >= 0.3 is 5.97 Å². The summed E-state index contributed by atoms with van der Waals surface area (Å²) >= 11 is 0. The minimum absolute atomic E-state index is 0.272. The van der Waals surface area contributed by atoms with E-state index in [0.29, 0.717) is 5.56 Å². The van der Waals surface area contributed by atoms with E-state index in [9.17, 15) is 4.79 Å². The molecule has 0 saturated heterocycles. The molecule has 0 unspecified atom stereocenters. The van der Waals surface area contributed by atoms with Crippen LogP contribution in [0.25, 0.3) is 5.57 Å². The molecule has 0 saturated carbocycles. The van der Waals surface area contributed by atoms with Gasteiger partial charge in [0.05, 0.1) is 5.57 Å². The fraction of sp³-hybridized carbons (Fsp3) is 0. The van der Waals surface area contributed by atoms with Crippen molar-refractivity contribution in [1.82, 2.24) is 0 Å². The van der Waals surface area contributed by atoms with Gasteiger partial charge in [-0.3, -0.25) is 0 Å². The molecule has 0 amide bonds. The maximum Gasteiger partial charge on any atom is 0.336 e. The summed E-state index contributed by atoms with van der Waals surface area (Å²) in [4.78, 5) is 11.0. The van der Waals surface area contributed by atoms with Crippen LogP contribution in [0.3, 0.4) is 0 Å². The molecular formula is C13H12O2. The van der Waals surface area contributed by atoms with Crippen LogP contribution in [-0.2, 0) is 4.79 Å². The average molecular weight is 200 g/mol. The number of carboxylic acid groups (broad SMARTS) is 1. The van der Waals surface area contributed by atoms with Gasteiger partial charge in [0.2, 0.25) is 0 Å². The molecule has 0 heterocycles. The van der Waals surface area contributed by atoms with Crippen molar-refractivity contribution in [3.05, 3.63) is 66.8 Å². The Kier molecular flexibility index (Phi) is 4.10. The third kappa shape index (κ3) is 3.27.